The molecule has 2 heterocycles. The van der Waals surface area contributed by atoms with Gasteiger partial charge in [-0.1, -0.05) is 54.1 Å². The minimum atomic E-state index is -0.476. The average Bonchev–Trinajstić information content (AvgIpc) is 3.36. The number of benzene rings is 2. The molecule has 1 aromatic heterocycles. The number of halogens is 1. The van der Waals surface area contributed by atoms with Crippen molar-refractivity contribution >= 4 is 46.0 Å². The van der Waals surface area contributed by atoms with Crippen LogP contribution in [-0.2, 0) is 4.79 Å². The molecule has 6 heteroatoms. The van der Waals surface area contributed by atoms with Crippen molar-refractivity contribution in [2.75, 3.05) is 4.90 Å². The third-order valence-electron chi connectivity index (χ3n) is 6.36. The highest BCUT2D eigenvalue weighted by atomic mass is 35.5. The summed E-state index contributed by atoms with van der Waals surface area (Å²) in [5, 5.41) is 23.4. The molecule has 2 N–H and O–H groups in total. The molecular weight excluding hydrogens is 452 g/mol. The summed E-state index contributed by atoms with van der Waals surface area (Å²) in [6.07, 6.45) is 1.90. The summed E-state index contributed by atoms with van der Waals surface area (Å²) in [5.74, 6) is -0.205. The number of aliphatic hydroxyl groups excluding tert-OH is 1. The smallest absolute Gasteiger partial charge is 0.161 e. The molecule has 5 rings (SSSR count). The third kappa shape index (κ3) is 3.62. The third-order valence-corrected chi connectivity index (χ3v) is 7.71. The van der Waals surface area contributed by atoms with Crippen LogP contribution in [0.3, 0.4) is 0 Å². The zero-order valence-electron chi connectivity index (χ0n) is 18.1. The van der Waals surface area contributed by atoms with E-state index in [1.165, 1.54) is 0 Å². The van der Waals surface area contributed by atoms with Crippen LogP contribution in [0.25, 0.3) is 5.76 Å². The molecule has 0 radical (unpaired) electrons. The van der Waals surface area contributed by atoms with Crippen LogP contribution in [0.4, 0.5) is 5.69 Å². The topological polar surface area (TPSA) is 64.4 Å². The number of anilines is 1. The van der Waals surface area contributed by atoms with Gasteiger partial charge in [0.25, 0.3) is 0 Å². The molecule has 4 nitrogen and oxygen atoms in total. The summed E-state index contributed by atoms with van der Waals surface area (Å²) in [6, 6.07) is 18.8. The molecule has 2 aromatic carbocycles. The standard InChI is InChI=1S/C27H23ClN2O2S/c1-16-18(28)10-5-11-19(16)30-20-12-6-13-21(31)23(20)24(22-14-7-15-33-22)25(27(30)29)26(32)17-8-3-2-4-9-17/h2-5,7-11,14-15,24,29,32H,6,12-13H2,1H3/b26-25+,29-27?. The second-order valence-electron chi connectivity index (χ2n) is 8.28. The number of thiophene rings is 1. The lowest BCUT2D eigenvalue weighted by Crippen LogP contribution is -2.42. The quantitative estimate of drug-likeness (QED) is 0.392. The Bertz CT molecular complexity index is 1310. The molecule has 1 aliphatic carbocycles. The number of ketones is 1. The van der Waals surface area contributed by atoms with E-state index in [4.69, 9.17) is 11.6 Å². The summed E-state index contributed by atoms with van der Waals surface area (Å²) in [4.78, 5) is 16.2. The molecule has 0 saturated carbocycles. The van der Waals surface area contributed by atoms with Crippen LogP contribution in [-0.4, -0.2) is 16.7 Å². The highest BCUT2D eigenvalue weighted by Gasteiger charge is 2.43. The Labute approximate surface area is 202 Å². The van der Waals surface area contributed by atoms with E-state index in [1.54, 1.807) is 11.3 Å². The van der Waals surface area contributed by atoms with E-state index in [0.29, 0.717) is 34.6 Å². The van der Waals surface area contributed by atoms with Crippen LogP contribution < -0.4 is 4.90 Å². The lowest BCUT2D eigenvalue weighted by atomic mass is 9.75. The Kier molecular flexibility index (Phi) is 5.69. The van der Waals surface area contributed by atoms with E-state index in [9.17, 15) is 15.3 Å². The second kappa shape index (κ2) is 8.65. The Morgan fingerprint density at radius 2 is 1.88 bits per heavy atom. The van der Waals surface area contributed by atoms with Crippen molar-refractivity contribution in [3.8, 4) is 0 Å². The molecule has 0 spiro atoms. The van der Waals surface area contributed by atoms with Crippen molar-refractivity contribution in [3.05, 3.63) is 104 Å². The molecule has 1 aliphatic heterocycles. The van der Waals surface area contributed by atoms with Crippen molar-refractivity contribution in [1.82, 2.24) is 0 Å². The second-order valence-corrected chi connectivity index (χ2v) is 9.67. The van der Waals surface area contributed by atoms with Crippen molar-refractivity contribution in [1.29, 1.82) is 5.41 Å². The number of hydrogen-bond acceptors (Lipinski definition) is 4. The highest BCUT2D eigenvalue weighted by Crippen LogP contribution is 2.49. The average molecular weight is 475 g/mol. The first-order valence-electron chi connectivity index (χ1n) is 10.9. The Morgan fingerprint density at radius 3 is 2.61 bits per heavy atom. The predicted molar refractivity (Wildman–Crippen MR) is 135 cm³/mol. The Morgan fingerprint density at radius 1 is 1.09 bits per heavy atom. The first-order valence-corrected chi connectivity index (χ1v) is 12.2. The fourth-order valence-electron chi connectivity index (χ4n) is 4.79. The fourth-order valence-corrected chi connectivity index (χ4v) is 5.80. The number of allylic oxidation sites excluding steroid dienone is 2. The van der Waals surface area contributed by atoms with E-state index in [-0.39, 0.29) is 17.4 Å². The molecule has 2 aliphatic rings. The van der Waals surface area contributed by atoms with Crippen LogP contribution in [0.15, 0.2) is 82.9 Å². The van der Waals surface area contributed by atoms with Gasteiger partial charge in [0.15, 0.2) is 5.78 Å². The number of aliphatic hydroxyl groups is 1. The monoisotopic (exact) mass is 474 g/mol. The summed E-state index contributed by atoms with van der Waals surface area (Å²) in [7, 11) is 0. The summed E-state index contributed by atoms with van der Waals surface area (Å²) in [5.41, 5.74) is 4.17. The maximum Gasteiger partial charge on any atom is 0.161 e. The number of Topliss-reactive ketones (excluding diaryl/α,β-unsaturated/α-hetero) is 1. The molecule has 1 unspecified atom stereocenters. The van der Waals surface area contributed by atoms with E-state index >= 15 is 0 Å². The van der Waals surface area contributed by atoms with E-state index in [1.807, 2.05) is 77.9 Å². The minimum absolute atomic E-state index is 0.0219. The largest absolute Gasteiger partial charge is 0.507 e. The maximum absolute atomic E-state index is 13.4. The van der Waals surface area contributed by atoms with Gasteiger partial charge in [0, 0.05) is 33.2 Å². The maximum atomic E-state index is 13.4. The van der Waals surface area contributed by atoms with Gasteiger partial charge < -0.3 is 5.11 Å². The predicted octanol–water partition coefficient (Wildman–Crippen LogP) is 7.27. The van der Waals surface area contributed by atoms with Gasteiger partial charge in [-0.25, -0.2) is 0 Å². The van der Waals surface area contributed by atoms with Crippen LogP contribution >= 0.6 is 22.9 Å². The molecule has 0 fully saturated rings. The van der Waals surface area contributed by atoms with Crippen molar-refractivity contribution in [2.24, 2.45) is 0 Å². The first kappa shape index (κ1) is 21.7. The molecule has 0 saturated heterocycles. The first-order chi connectivity index (χ1) is 16.0. The lowest BCUT2D eigenvalue weighted by Gasteiger charge is -2.42. The number of rotatable bonds is 3. The SMILES string of the molecule is Cc1c(Cl)cccc1N1C(=N)/C(=C(/O)c2ccccc2)C(c2cccs2)C2=C1CCCC2=O. The van der Waals surface area contributed by atoms with E-state index in [2.05, 4.69) is 0 Å². The number of hydrogen-bond donors (Lipinski definition) is 2. The van der Waals surface area contributed by atoms with Crippen molar-refractivity contribution in [2.45, 2.75) is 32.1 Å². The Balaban J connectivity index is 1.84. The summed E-state index contributed by atoms with van der Waals surface area (Å²) >= 11 is 7.99. The van der Waals surface area contributed by atoms with E-state index in [0.717, 1.165) is 28.2 Å². The number of carbonyl (C=O) groups is 1. The zero-order chi connectivity index (χ0) is 23.1. The number of amidine groups is 1. The molecule has 0 bridgehead atoms. The van der Waals surface area contributed by atoms with Gasteiger partial charge in [-0.05, 0) is 48.9 Å². The van der Waals surface area contributed by atoms with Crippen LogP contribution in [0.1, 0.15) is 41.2 Å². The van der Waals surface area contributed by atoms with Crippen molar-refractivity contribution in [3.63, 3.8) is 0 Å². The van der Waals surface area contributed by atoms with Crippen LogP contribution in [0.5, 0.6) is 0 Å². The van der Waals surface area contributed by atoms with Gasteiger partial charge in [0.05, 0.1) is 17.2 Å². The summed E-state index contributed by atoms with van der Waals surface area (Å²) in [6.45, 7) is 1.92. The molecule has 166 valence electrons. The fraction of sp³-hybridized carbons (Fsp3) is 0.185. The summed E-state index contributed by atoms with van der Waals surface area (Å²) < 4.78 is 0. The van der Waals surface area contributed by atoms with Gasteiger partial charge >= 0.3 is 0 Å². The van der Waals surface area contributed by atoms with Gasteiger partial charge in [-0.2, -0.15) is 0 Å². The number of nitrogens with zero attached hydrogens (tertiary/aromatic N) is 1. The number of carbonyl (C=O) groups excluding carboxylic acids is 1. The molecule has 1 atom stereocenters. The van der Waals surface area contributed by atoms with Gasteiger partial charge in [-0.15, -0.1) is 11.3 Å². The van der Waals surface area contributed by atoms with Gasteiger partial charge in [-0.3, -0.25) is 15.1 Å². The van der Waals surface area contributed by atoms with E-state index < -0.39 is 5.92 Å². The van der Waals surface area contributed by atoms with Crippen LogP contribution in [0, 0.1) is 12.3 Å². The van der Waals surface area contributed by atoms with Crippen LogP contribution in [0.2, 0.25) is 5.02 Å². The minimum Gasteiger partial charge on any atom is -0.507 e. The lowest BCUT2D eigenvalue weighted by molar-refractivity contribution is -0.116. The molecule has 0 amide bonds. The molecule has 33 heavy (non-hydrogen) atoms. The van der Waals surface area contributed by atoms with Gasteiger partial charge in [0.1, 0.15) is 11.6 Å². The van der Waals surface area contributed by atoms with Crippen molar-refractivity contribution < 1.29 is 9.90 Å². The highest BCUT2D eigenvalue weighted by molar-refractivity contribution is 7.10. The molecule has 3 aromatic rings. The molecular formula is C27H23ClN2O2S. The Hall–Kier alpha value is -3.15. The number of nitrogens with one attached hydrogen (secondary N) is 1. The zero-order valence-corrected chi connectivity index (χ0v) is 19.7. The van der Waals surface area contributed by atoms with Gasteiger partial charge in [0.2, 0.25) is 0 Å². The normalized spacial score (nSPS) is 20.2.